The van der Waals surface area contributed by atoms with Crippen molar-refractivity contribution in [2.75, 3.05) is 0 Å². The van der Waals surface area contributed by atoms with Crippen molar-refractivity contribution in [1.29, 1.82) is 0 Å². The van der Waals surface area contributed by atoms with Gasteiger partial charge in [-0.15, -0.1) is 0 Å². The van der Waals surface area contributed by atoms with E-state index >= 15 is 0 Å². The molecule has 0 radical (unpaired) electrons. The zero-order valence-corrected chi connectivity index (χ0v) is 15.4. The SMILES string of the molecule is C=C1C[C@H]2[C@@H]3CCC4=CC(=O)C=C[C@]4(C)[C@H]3[C@@H](O)C[C@]2(C)[C@H]1C(C)=O. The number of aliphatic hydroxyl groups is 1. The van der Waals surface area contributed by atoms with E-state index < -0.39 is 6.10 Å². The quantitative estimate of drug-likeness (QED) is 0.742. The second kappa shape index (κ2) is 5.26. The van der Waals surface area contributed by atoms with Gasteiger partial charge in [0.05, 0.1) is 6.10 Å². The summed E-state index contributed by atoms with van der Waals surface area (Å²) < 4.78 is 0. The van der Waals surface area contributed by atoms with Crippen LogP contribution in [0.25, 0.3) is 0 Å². The molecule has 0 bridgehead atoms. The zero-order valence-electron chi connectivity index (χ0n) is 15.4. The Kier molecular flexibility index (Phi) is 3.57. The molecule has 0 unspecified atom stereocenters. The number of ketones is 2. The number of fused-ring (bicyclic) bond motifs is 5. The number of allylic oxidation sites excluding steroid dienone is 5. The summed E-state index contributed by atoms with van der Waals surface area (Å²) >= 11 is 0. The minimum absolute atomic E-state index is 0.0620. The molecule has 134 valence electrons. The summed E-state index contributed by atoms with van der Waals surface area (Å²) in [5, 5.41) is 11.2. The van der Waals surface area contributed by atoms with Crippen molar-refractivity contribution < 1.29 is 14.7 Å². The van der Waals surface area contributed by atoms with Crippen LogP contribution in [0.15, 0.2) is 36.0 Å². The van der Waals surface area contributed by atoms with Gasteiger partial charge in [0.2, 0.25) is 0 Å². The third kappa shape index (κ3) is 2.14. The summed E-state index contributed by atoms with van der Waals surface area (Å²) in [6, 6.07) is 0. The Balaban J connectivity index is 1.77. The maximum absolute atomic E-state index is 12.3. The summed E-state index contributed by atoms with van der Waals surface area (Å²) in [4.78, 5) is 24.1. The van der Waals surface area contributed by atoms with E-state index in [4.69, 9.17) is 0 Å². The van der Waals surface area contributed by atoms with Crippen LogP contribution < -0.4 is 0 Å². The van der Waals surface area contributed by atoms with Crippen molar-refractivity contribution in [3.8, 4) is 0 Å². The highest BCUT2D eigenvalue weighted by molar-refractivity contribution is 6.01. The monoisotopic (exact) mass is 340 g/mol. The van der Waals surface area contributed by atoms with Gasteiger partial charge in [0.25, 0.3) is 0 Å². The molecule has 0 spiro atoms. The van der Waals surface area contributed by atoms with Crippen LogP contribution in [0.4, 0.5) is 0 Å². The first-order valence-corrected chi connectivity index (χ1v) is 9.49. The smallest absolute Gasteiger partial charge is 0.178 e. The van der Waals surface area contributed by atoms with Crippen LogP contribution in [-0.2, 0) is 9.59 Å². The number of hydrogen-bond donors (Lipinski definition) is 1. The molecule has 4 aliphatic carbocycles. The van der Waals surface area contributed by atoms with Gasteiger partial charge in [-0.2, -0.15) is 0 Å². The minimum atomic E-state index is -0.453. The number of aliphatic hydroxyl groups excluding tert-OH is 1. The van der Waals surface area contributed by atoms with Gasteiger partial charge >= 0.3 is 0 Å². The van der Waals surface area contributed by atoms with E-state index in [-0.39, 0.29) is 34.2 Å². The van der Waals surface area contributed by atoms with Crippen LogP contribution in [0, 0.1) is 34.5 Å². The second-order valence-corrected chi connectivity index (χ2v) is 9.21. The Morgan fingerprint density at radius 2 is 2.08 bits per heavy atom. The van der Waals surface area contributed by atoms with Crippen molar-refractivity contribution in [3.63, 3.8) is 0 Å². The van der Waals surface area contributed by atoms with E-state index in [0.717, 1.165) is 24.8 Å². The maximum Gasteiger partial charge on any atom is 0.178 e. The molecular formula is C22H28O3. The fourth-order valence-electron chi connectivity index (χ4n) is 7.04. The molecule has 3 fully saturated rings. The topological polar surface area (TPSA) is 54.4 Å². The zero-order chi connectivity index (χ0) is 18.1. The summed E-state index contributed by atoms with van der Waals surface area (Å²) in [7, 11) is 0. The summed E-state index contributed by atoms with van der Waals surface area (Å²) in [5.41, 5.74) is 1.79. The van der Waals surface area contributed by atoms with Gasteiger partial charge in [-0.3, -0.25) is 9.59 Å². The summed E-state index contributed by atoms with van der Waals surface area (Å²) in [5.74, 6) is 1.01. The Labute approximate surface area is 149 Å². The molecule has 0 aromatic heterocycles. The van der Waals surface area contributed by atoms with Gasteiger partial charge < -0.3 is 5.11 Å². The first-order chi connectivity index (χ1) is 11.7. The third-order valence-corrected chi connectivity index (χ3v) is 7.89. The third-order valence-electron chi connectivity index (χ3n) is 7.89. The Morgan fingerprint density at radius 3 is 2.76 bits per heavy atom. The molecule has 3 heteroatoms. The number of carbonyl (C=O) groups is 2. The van der Waals surface area contributed by atoms with Crippen molar-refractivity contribution in [1.82, 2.24) is 0 Å². The van der Waals surface area contributed by atoms with Gasteiger partial charge in [-0.1, -0.05) is 37.6 Å². The number of rotatable bonds is 1. The Hall–Kier alpha value is -1.48. The molecular weight excluding hydrogens is 312 g/mol. The maximum atomic E-state index is 12.3. The molecule has 1 N–H and O–H groups in total. The fourth-order valence-corrected chi connectivity index (χ4v) is 7.04. The molecule has 0 saturated heterocycles. The average molecular weight is 340 g/mol. The number of Topliss-reactive ketones (excluding diaryl/α,β-unsaturated/α-hetero) is 1. The van der Waals surface area contributed by atoms with E-state index in [1.54, 1.807) is 19.1 Å². The van der Waals surface area contributed by atoms with Crippen molar-refractivity contribution in [2.45, 2.75) is 52.6 Å². The van der Waals surface area contributed by atoms with Crippen molar-refractivity contribution in [2.24, 2.45) is 34.5 Å². The molecule has 7 atom stereocenters. The second-order valence-electron chi connectivity index (χ2n) is 9.21. The van der Waals surface area contributed by atoms with Crippen LogP contribution in [-0.4, -0.2) is 22.8 Å². The predicted octanol–water partition coefficient (Wildman–Crippen LogP) is 3.64. The first kappa shape index (κ1) is 17.0. The van der Waals surface area contributed by atoms with E-state index in [1.165, 1.54) is 5.57 Å². The number of hydrogen-bond acceptors (Lipinski definition) is 3. The standard InChI is InChI=1S/C22H28O3/c1-12-9-17-16-6-5-14-10-15(24)7-8-21(14,3)20(16)18(25)11-22(17,4)19(12)13(2)23/h7-8,10,16-20,25H,1,5-6,9,11H2,2-4H3/t16-,17-,18-,19+,20+,21-,22-/m0/s1. The van der Waals surface area contributed by atoms with E-state index in [9.17, 15) is 14.7 Å². The highest BCUT2D eigenvalue weighted by atomic mass is 16.3. The van der Waals surface area contributed by atoms with Gasteiger partial charge in [0.1, 0.15) is 5.78 Å². The van der Waals surface area contributed by atoms with Crippen LogP contribution >= 0.6 is 0 Å². The average Bonchev–Trinajstić information content (AvgIpc) is 2.77. The number of carbonyl (C=O) groups excluding carboxylic acids is 2. The molecule has 3 saturated carbocycles. The lowest BCUT2D eigenvalue weighted by atomic mass is 9.46. The first-order valence-electron chi connectivity index (χ1n) is 9.49. The lowest BCUT2D eigenvalue weighted by Crippen LogP contribution is -2.56. The van der Waals surface area contributed by atoms with Gasteiger partial charge in [-0.25, -0.2) is 0 Å². The van der Waals surface area contributed by atoms with Gasteiger partial charge in [0, 0.05) is 17.3 Å². The molecule has 0 amide bonds. The highest BCUT2D eigenvalue weighted by Crippen LogP contribution is 2.66. The summed E-state index contributed by atoms with van der Waals surface area (Å²) in [6.07, 6.45) is 8.46. The lowest BCUT2D eigenvalue weighted by Gasteiger charge is -2.58. The normalized spacial score (nSPS) is 48.5. The lowest BCUT2D eigenvalue weighted by molar-refractivity contribution is -0.136. The van der Waals surface area contributed by atoms with E-state index in [1.807, 2.05) is 6.08 Å². The fraction of sp³-hybridized carbons (Fsp3) is 0.636. The van der Waals surface area contributed by atoms with Gasteiger partial charge in [0.15, 0.2) is 5.78 Å². The van der Waals surface area contributed by atoms with Crippen LogP contribution in [0.5, 0.6) is 0 Å². The molecule has 25 heavy (non-hydrogen) atoms. The molecule has 4 rings (SSSR count). The highest BCUT2D eigenvalue weighted by Gasteiger charge is 2.63. The molecule has 3 nitrogen and oxygen atoms in total. The molecule has 0 aromatic carbocycles. The Bertz CT molecular complexity index is 730. The van der Waals surface area contributed by atoms with E-state index in [0.29, 0.717) is 18.3 Å². The van der Waals surface area contributed by atoms with Crippen LogP contribution in [0.3, 0.4) is 0 Å². The summed E-state index contributed by atoms with van der Waals surface area (Å²) in [6.45, 7) is 10.3. The molecule has 0 aromatic rings. The Morgan fingerprint density at radius 1 is 1.36 bits per heavy atom. The van der Waals surface area contributed by atoms with Crippen molar-refractivity contribution in [3.05, 3.63) is 36.0 Å². The van der Waals surface area contributed by atoms with Gasteiger partial charge in [-0.05, 0) is 62.0 Å². The van der Waals surface area contributed by atoms with Crippen LogP contribution in [0.2, 0.25) is 0 Å². The predicted molar refractivity (Wildman–Crippen MR) is 96.7 cm³/mol. The molecule has 4 aliphatic rings. The largest absolute Gasteiger partial charge is 0.393 e. The minimum Gasteiger partial charge on any atom is -0.393 e. The van der Waals surface area contributed by atoms with E-state index in [2.05, 4.69) is 20.4 Å². The molecule has 0 heterocycles. The van der Waals surface area contributed by atoms with Crippen molar-refractivity contribution >= 4 is 11.6 Å². The molecule has 0 aliphatic heterocycles. The van der Waals surface area contributed by atoms with Crippen LogP contribution in [0.1, 0.15) is 46.5 Å².